The van der Waals surface area contributed by atoms with Crippen LogP contribution in [0.1, 0.15) is 28.2 Å². The zero-order valence-electron chi connectivity index (χ0n) is 13.9. The minimum Gasteiger partial charge on any atom is -0.290 e. The number of fused-ring (bicyclic) bond motifs is 1. The fourth-order valence-corrected chi connectivity index (χ4v) is 3.47. The lowest BCUT2D eigenvalue weighted by Crippen LogP contribution is -2.40. The highest BCUT2D eigenvalue weighted by molar-refractivity contribution is 5.95. The van der Waals surface area contributed by atoms with E-state index in [1.165, 1.54) is 22.6 Å². The number of hydrogen-bond donors (Lipinski definition) is 0. The van der Waals surface area contributed by atoms with Crippen molar-refractivity contribution in [3.05, 3.63) is 77.7 Å². The van der Waals surface area contributed by atoms with Crippen molar-refractivity contribution in [1.82, 2.24) is 4.57 Å². The smallest absolute Gasteiger partial charge is 0.257 e. The van der Waals surface area contributed by atoms with Crippen LogP contribution in [0.5, 0.6) is 0 Å². The van der Waals surface area contributed by atoms with E-state index >= 15 is 0 Å². The zero-order chi connectivity index (χ0) is 16.5. The van der Waals surface area contributed by atoms with Gasteiger partial charge in [0.2, 0.25) is 5.78 Å². The van der Waals surface area contributed by atoms with Gasteiger partial charge in [0.25, 0.3) is 5.82 Å². The van der Waals surface area contributed by atoms with E-state index in [-0.39, 0.29) is 5.78 Å². The number of aryl methyl sites for hydroxylation is 1. The molecule has 0 unspecified atom stereocenters. The molecule has 3 aromatic rings. The summed E-state index contributed by atoms with van der Waals surface area (Å²) in [7, 11) is 0. The number of aromatic nitrogens is 2. The quantitative estimate of drug-likeness (QED) is 0.533. The molecule has 1 aliphatic heterocycles. The molecule has 0 N–H and O–H groups in total. The van der Waals surface area contributed by atoms with Crippen LogP contribution >= 0.6 is 0 Å². The van der Waals surface area contributed by atoms with Crippen molar-refractivity contribution in [2.75, 3.05) is 0 Å². The Bertz CT molecular complexity index is 876. The first-order chi connectivity index (χ1) is 11.7. The Balaban J connectivity index is 1.69. The van der Waals surface area contributed by atoms with Gasteiger partial charge in [-0.3, -0.25) is 4.79 Å². The Morgan fingerprint density at radius 3 is 2.58 bits per heavy atom. The number of ketones is 1. The van der Waals surface area contributed by atoms with Crippen LogP contribution in [0.2, 0.25) is 0 Å². The second-order valence-electron chi connectivity index (χ2n) is 6.47. The van der Waals surface area contributed by atoms with Crippen LogP contribution in [0.3, 0.4) is 0 Å². The predicted molar refractivity (Wildman–Crippen MR) is 93.9 cm³/mol. The first kappa shape index (κ1) is 14.9. The maximum Gasteiger partial charge on any atom is 0.257 e. The van der Waals surface area contributed by atoms with Crippen molar-refractivity contribution in [2.24, 2.45) is 0 Å². The number of carbonyl (C=O) groups is 1. The number of carbonyl (C=O) groups excluding carboxylic acids is 1. The van der Waals surface area contributed by atoms with E-state index in [0.29, 0.717) is 6.54 Å². The molecule has 3 heteroatoms. The lowest BCUT2D eigenvalue weighted by Gasteiger charge is -1.99. The minimum atomic E-state index is 0.163. The Hall–Kier alpha value is -2.68. The average Bonchev–Trinajstić information content (AvgIpc) is 3.20. The summed E-state index contributed by atoms with van der Waals surface area (Å²) < 4.78 is 4.50. The summed E-state index contributed by atoms with van der Waals surface area (Å²) in [6.45, 7) is 3.54. The summed E-state index contributed by atoms with van der Waals surface area (Å²) >= 11 is 0. The van der Waals surface area contributed by atoms with Crippen molar-refractivity contribution < 1.29 is 9.36 Å². The number of imidazole rings is 1. The van der Waals surface area contributed by atoms with E-state index in [1.54, 1.807) is 0 Å². The molecule has 0 aliphatic carbocycles. The monoisotopic (exact) mass is 317 g/mol. The van der Waals surface area contributed by atoms with E-state index in [4.69, 9.17) is 0 Å². The fourth-order valence-electron chi connectivity index (χ4n) is 3.47. The Labute approximate surface area is 142 Å². The molecule has 2 heterocycles. The third-order valence-corrected chi connectivity index (χ3v) is 4.75. The number of hydrogen-bond acceptors (Lipinski definition) is 1. The topological polar surface area (TPSA) is 25.9 Å². The molecule has 2 aromatic carbocycles. The summed E-state index contributed by atoms with van der Waals surface area (Å²) in [6.07, 6.45) is 4.32. The number of nitrogens with zero attached hydrogens (tertiary/aromatic N) is 2. The molecule has 1 aliphatic rings. The van der Waals surface area contributed by atoms with Crippen molar-refractivity contribution in [3.8, 4) is 11.3 Å². The molecule has 0 atom stereocenters. The highest BCUT2D eigenvalue weighted by atomic mass is 16.1. The van der Waals surface area contributed by atoms with E-state index in [9.17, 15) is 4.79 Å². The normalized spacial score (nSPS) is 13.0. The molecule has 0 fully saturated rings. The molecular weight excluding hydrogens is 296 g/mol. The van der Waals surface area contributed by atoms with Gasteiger partial charge in [0, 0.05) is 11.1 Å². The van der Waals surface area contributed by atoms with Crippen molar-refractivity contribution >= 4 is 5.78 Å². The maximum atomic E-state index is 12.6. The molecule has 4 rings (SSSR count). The highest BCUT2D eigenvalue weighted by Gasteiger charge is 2.29. The van der Waals surface area contributed by atoms with Gasteiger partial charge in [-0.05, 0) is 13.3 Å². The fraction of sp³-hybridized carbons (Fsp3) is 0.238. The maximum absolute atomic E-state index is 12.6. The lowest BCUT2D eigenvalue weighted by molar-refractivity contribution is -0.689. The predicted octanol–water partition coefficient (Wildman–Crippen LogP) is 3.58. The molecular formula is C21H21N2O+. The molecule has 0 amide bonds. The van der Waals surface area contributed by atoms with Crippen LogP contribution in [0.15, 0.2) is 60.8 Å². The summed E-state index contributed by atoms with van der Waals surface area (Å²) in [5.41, 5.74) is 4.47. The third-order valence-electron chi connectivity index (χ3n) is 4.75. The molecule has 0 bridgehead atoms. The summed E-state index contributed by atoms with van der Waals surface area (Å²) in [6, 6.07) is 18.2. The van der Waals surface area contributed by atoms with Gasteiger partial charge in [0.1, 0.15) is 6.20 Å². The Morgan fingerprint density at radius 2 is 1.83 bits per heavy atom. The van der Waals surface area contributed by atoms with E-state index in [1.807, 2.05) is 30.3 Å². The van der Waals surface area contributed by atoms with Crippen LogP contribution in [0, 0.1) is 6.92 Å². The molecule has 3 nitrogen and oxygen atoms in total. The molecule has 0 saturated heterocycles. The summed E-state index contributed by atoms with van der Waals surface area (Å²) in [5, 5.41) is 0. The summed E-state index contributed by atoms with van der Waals surface area (Å²) in [5.74, 6) is 1.42. The highest BCUT2D eigenvalue weighted by Crippen LogP contribution is 2.25. The summed E-state index contributed by atoms with van der Waals surface area (Å²) in [4.78, 5) is 12.6. The van der Waals surface area contributed by atoms with Crippen molar-refractivity contribution in [1.29, 1.82) is 0 Å². The van der Waals surface area contributed by atoms with Crippen LogP contribution in [0.4, 0.5) is 0 Å². The third kappa shape index (κ3) is 2.67. The van der Waals surface area contributed by atoms with Crippen molar-refractivity contribution in [3.63, 3.8) is 0 Å². The first-order valence-electron chi connectivity index (χ1n) is 8.49. The van der Waals surface area contributed by atoms with Crippen molar-refractivity contribution in [2.45, 2.75) is 32.9 Å². The van der Waals surface area contributed by atoms with Crippen LogP contribution in [-0.2, 0) is 19.5 Å². The second kappa shape index (κ2) is 6.08. The number of rotatable bonds is 4. The van der Waals surface area contributed by atoms with Gasteiger partial charge in [0.15, 0.2) is 12.2 Å². The molecule has 120 valence electrons. The van der Waals surface area contributed by atoms with Crippen LogP contribution in [-0.4, -0.2) is 10.4 Å². The minimum absolute atomic E-state index is 0.163. The SMILES string of the molecule is Cc1ccc(-c2c[n+](CC(=O)c3ccccc3)c3n2CCC3)cc1. The number of benzene rings is 2. The second-order valence-corrected chi connectivity index (χ2v) is 6.47. The average molecular weight is 317 g/mol. The first-order valence-corrected chi connectivity index (χ1v) is 8.49. The van der Waals surface area contributed by atoms with Gasteiger partial charge in [-0.25, -0.2) is 9.13 Å². The van der Waals surface area contributed by atoms with Gasteiger partial charge in [0.05, 0.1) is 13.0 Å². The van der Waals surface area contributed by atoms with E-state index in [0.717, 1.165) is 24.9 Å². The van der Waals surface area contributed by atoms with E-state index < -0.39 is 0 Å². The number of Topliss-reactive ketones (excluding diaryl/α,β-unsaturated/α-hetero) is 1. The molecule has 0 saturated carbocycles. The lowest BCUT2D eigenvalue weighted by atomic mass is 10.1. The Morgan fingerprint density at radius 1 is 1.08 bits per heavy atom. The van der Waals surface area contributed by atoms with Gasteiger partial charge in [-0.15, -0.1) is 0 Å². The van der Waals surface area contributed by atoms with Crippen LogP contribution < -0.4 is 4.57 Å². The molecule has 1 aromatic heterocycles. The van der Waals surface area contributed by atoms with Gasteiger partial charge in [-0.1, -0.05) is 60.2 Å². The molecule has 0 spiro atoms. The van der Waals surface area contributed by atoms with Gasteiger partial charge >= 0.3 is 0 Å². The molecule has 24 heavy (non-hydrogen) atoms. The molecule has 0 radical (unpaired) electrons. The largest absolute Gasteiger partial charge is 0.290 e. The zero-order valence-corrected chi connectivity index (χ0v) is 13.9. The van der Waals surface area contributed by atoms with Gasteiger partial charge in [-0.2, -0.15) is 0 Å². The van der Waals surface area contributed by atoms with Gasteiger partial charge < -0.3 is 0 Å². The standard InChI is InChI=1S/C21H21N2O/c1-16-9-11-17(12-10-16)19-14-22(21-8-5-13-23(19)21)15-20(24)18-6-3-2-4-7-18/h2-4,6-7,9-12,14H,5,8,13,15H2,1H3/q+1. The Kier molecular flexibility index (Phi) is 3.77. The van der Waals surface area contributed by atoms with Crippen LogP contribution in [0.25, 0.3) is 11.3 Å². The van der Waals surface area contributed by atoms with E-state index in [2.05, 4.69) is 46.5 Å².